The van der Waals surface area contributed by atoms with E-state index in [1.807, 2.05) is 37.3 Å². The lowest BCUT2D eigenvalue weighted by atomic mass is 10.1. The van der Waals surface area contributed by atoms with E-state index >= 15 is 0 Å². The fraction of sp³-hybridized carbons (Fsp3) is 0.391. The summed E-state index contributed by atoms with van der Waals surface area (Å²) in [6.07, 6.45) is 0. The average Bonchev–Trinajstić information content (AvgIpc) is 3.36. The van der Waals surface area contributed by atoms with E-state index in [1.54, 1.807) is 4.90 Å². The largest absolute Gasteiger partial charge is 0.454 e. The van der Waals surface area contributed by atoms with Crippen LogP contribution in [0.15, 0.2) is 30.3 Å². The normalized spacial score (nSPS) is 12.3. The predicted octanol–water partition coefficient (Wildman–Crippen LogP) is 5.05. The molecule has 0 unspecified atom stereocenters. The number of rotatable bonds is 7. The summed E-state index contributed by atoms with van der Waals surface area (Å²) in [7, 11) is 0. The Labute approximate surface area is 193 Å². The molecule has 0 saturated carbocycles. The quantitative estimate of drug-likeness (QED) is 0.492. The van der Waals surface area contributed by atoms with Crippen molar-refractivity contribution in [1.82, 2.24) is 9.88 Å². The van der Waals surface area contributed by atoms with Gasteiger partial charge < -0.3 is 14.4 Å². The Bertz CT molecular complexity index is 1040. The summed E-state index contributed by atoms with van der Waals surface area (Å²) < 4.78 is 12.0. The topological polar surface area (TPSA) is 54.9 Å². The molecule has 1 aliphatic rings. The van der Waals surface area contributed by atoms with Crippen molar-refractivity contribution in [3.63, 3.8) is 0 Å². The van der Waals surface area contributed by atoms with Gasteiger partial charge in [-0.2, -0.15) is 0 Å². The van der Waals surface area contributed by atoms with Gasteiger partial charge in [-0.05, 0) is 50.2 Å². The second-order valence-corrected chi connectivity index (χ2v) is 8.46. The van der Waals surface area contributed by atoms with Crippen molar-refractivity contribution in [2.75, 3.05) is 37.9 Å². The summed E-state index contributed by atoms with van der Waals surface area (Å²) in [5, 5.41) is 0.698. The van der Waals surface area contributed by atoms with Crippen LogP contribution < -0.4 is 14.4 Å². The summed E-state index contributed by atoms with van der Waals surface area (Å²) in [6.45, 7) is 11.9. The number of ether oxygens (including phenoxy) is 2. The molecule has 0 saturated heterocycles. The van der Waals surface area contributed by atoms with Crippen molar-refractivity contribution in [2.24, 2.45) is 0 Å². The maximum atomic E-state index is 13.5. The molecule has 31 heavy (non-hydrogen) atoms. The number of benzene rings is 2. The molecule has 0 spiro atoms. The number of halogens is 1. The van der Waals surface area contributed by atoms with Crippen molar-refractivity contribution in [1.29, 1.82) is 0 Å². The lowest BCUT2D eigenvalue weighted by Gasteiger charge is -2.25. The molecule has 1 aromatic heterocycles. The van der Waals surface area contributed by atoms with E-state index < -0.39 is 0 Å². The molecule has 3 aromatic rings. The maximum Gasteiger partial charge on any atom is 0.260 e. The second-order valence-electron chi connectivity index (χ2n) is 7.45. The molecule has 0 N–H and O–H groups in total. The van der Waals surface area contributed by atoms with E-state index in [9.17, 15) is 4.79 Å². The molecule has 2 heterocycles. The van der Waals surface area contributed by atoms with Gasteiger partial charge in [0.2, 0.25) is 6.79 Å². The van der Waals surface area contributed by atoms with Gasteiger partial charge in [-0.25, -0.2) is 4.98 Å². The Balaban J connectivity index is 0.00000272. The summed E-state index contributed by atoms with van der Waals surface area (Å²) in [5.74, 6) is 1.41. The van der Waals surface area contributed by atoms with Crippen molar-refractivity contribution in [3.8, 4) is 11.5 Å². The Morgan fingerprint density at radius 3 is 2.42 bits per heavy atom. The summed E-state index contributed by atoms with van der Waals surface area (Å²) >= 11 is 1.51. The molecule has 1 amide bonds. The number of aryl methyl sites for hydroxylation is 2. The highest BCUT2D eigenvalue weighted by atomic mass is 35.5. The molecular weight excluding hydrogens is 434 g/mol. The minimum atomic E-state index is -0.0237. The van der Waals surface area contributed by atoms with E-state index in [0.717, 1.165) is 41.2 Å². The predicted molar refractivity (Wildman–Crippen MR) is 128 cm³/mol. The number of fused-ring (bicyclic) bond motifs is 2. The molecular formula is C23H28ClN3O3S. The monoisotopic (exact) mass is 461 g/mol. The standard InChI is InChI=1S/C23H27N3O3S.ClH/c1-5-25(6-2)9-10-26(22(27)17-8-7-15(3)16(4)11-17)23-24-18-12-19-20(29-14-28-19)13-21(18)30-23;/h7-8,11-13H,5-6,9-10,14H2,1-4H3;1H. The fourth-order valence-electron chi connectivity index (χ4n) is 3.52. The number of carbonyl (C=O) groups excluding carboxylic acids is 1. The van der Waals surface area contributed by atoms with Gasteiger partial charge in [0, 0.05) is 30.8 Å². The van der Waals surface area contributed by atoms with Gasteiger partial charge in [-0.15, -0.1) is 12.4 Å². The maximum absolute atomic E-state index is 13.5. The van der Waals surface area contributed by atoms with Crippen molar-refractivity contribution >= 4 is 45.0 Å². The first kappa shape index (κ1) is 23.3. The number of aromatic nitrogens is 1. The van der Waals surface area contributed by atoms with Crippen LogP contribution in [0.1, 0.15) is 35.3 Å². The van der Waals surface area contributed by atoms with Gasteiger partial charge in [0.05, 0.1) is 10.2 Å². The average molecular weight is 462 g/mol. The van der Waals surface area contributed by atoms with E-state index in [2.05, 4.69) is 25.7 Å². The van der Waals surface area contributed by atoms with E-state index in [0.29, 0.717) is 23.0 Å². The van der Waals surface area contributed by atoms with Gasteiger partial charge in [-0.3, -0.25) is 9.69 Å². The van der Waals surface area contributed by atoms with Crippen LogP contribution in [-0.4, -0.2) is 48.8 Å². The molecule has 0 radical (unpaired) electrons. The zero-order chi connectivity index (χ0) is 21.3. The first-order valence-corrected chi connectivity index (χ1v) is 11.1. The third kappa shape index (κ3) is 4.79. The first-order valence-electron chi connectivity index (χ1n) is 10.3. The highest BCUT2D eigenvalue weighted by molar-refractivity contribution is 7.22. The summed E-state index contributed by atoms with van der Waals surface area (Å²) in [4.78, 5) is 22.4. The Morgan fingerprint density at radius 1 is 1.03 bits per heavy atom. The number of nitrogens with zero attached hydrogens (tertiary/aromatic N) is 3. The minimum absolute atomic E-state index is 0. The molecule has 166 valence electrons. The highest BCUT2D eigenvalue weighted by Crippen LogP contribution is 2.40. The molecule has 0 bridgehead atoms. The van der Waals surface area contributed by atoms with Gasteiger partial charge in [0.25, 0.3) is 5.91 Å². The number of carbonyl (C=O) groups is 1. The first-order chi connectivity index (χ1) is 14.5. The molecule has 8 heteroatoms. The van der Waals surface area contributed by atoms with Gasteiger partial charge in [0.1, 0.15) is 0 Å². The SMILES string of the molecule is CCN(CC)CCN(C(=O)c1ccc(C)c(C)c1)c1nc2cc3c(cc2s1)OCO3.Cl. The lowest BCUT2D eigenvalue weighted by Crippen LogP contribution is -2.38. The zero-order valence-electron chi connectivity index (χ0n) is 18.3. The van der Waals surface area contributed by atoms with Crippen molar-refractivity contribution < 1.29 is 14.3 Å². The van der Waals surface area contributed by atoms with E-state index in [4.69, 9.17) is 14.5 Å². The number of amides is 1. The molecule has 6 nitrogen and oxygen atoms in total. The number of hydrogen-bond acceptors (Lipinski definition) is 6. The number of likely N-dealkylation sites (N-methyl/N-ethyl adjacent to an activating group) is 1. The lowest BCUT2D eigenvalue weighted by molar-refractivity contribution is 0.0983. The summed E-state index contributed by atoms with van der Waals surface area (Å²) in [5.41, 5.74) is 3.79. The van der Waals surface area contributed by atoms with Crippen molar-refractivity contribution in [2.45, 2.75) is 27.7 Å². The zero-order valence-corrected chi connectivity index (χ0v) is 19.9. The molecule has 0 atom stereocenters. The molecule has 2 aromatic carbocycles. The molecule has 0 aliphatic carbocycles. The number of anilines is 1. The fourth-order valence-corrected chi connectivity index (χ4v) is 4.52. The van der Waals surface area contributed by atoms with E-state index in [1.165, 1.54) is 16.9 Å². The number of thiazole rings is 1. The van der Waals surface area contributed by atoms with Crippen LogP contribution in [0.4, 0.5) is 5.13 Å². The van der Waals surface area contributed by atoms with Gasteiger partial charge >= 0.3 is 0 Å². The smallest absolute Gasteiger partial charge is 0.260 e. The van der Waals surface area contributed by atoms with E-state index in [-0.39, 0.29) is 25.1 Å². The highest BCUT2D eigenvalue weighted by Gasteiger charge is 2.24. The van der Waals surface area contributed by atoms with Crippen LogP contribution >= 0.6 is 23.7 Å². The second kappa shape index (κ2) is 9.85. The van der Waals surface area contributed by atoms with Crippen LogP contribution in [0.25, 0.3) is 10.2 Å². The Morgan fingerprint density at radius 2 is 1.74 bits per heavy atom. The molecule has 0 fully saturated rings. The number of hydrogen-bond donors (Lipinski definition) is 0. The Hall–Kier alpha value is -2.35. The van der Waals surface area contributed by atoms with Crippen LogP contribution in [-0.2, 0) is 0 Å². The summed E-state index contributed by atoms with van der Waals surface area (Å²) in [6, 6.07) is 9.70. The van der Waals surface area contributed by atoms with Crippen molar-refractivity contribution in [3.05, 3.63) is 47.0 Å². The van der Waals surface area contributed by atoms with Gasteiger partial charge in [-0.1, -0.05) is 31.3 Å². The third-order valence-corrected chi connectivity index (χ3v) is 6.68. The minimum Gasteiger partial charge on any atom is -0.454 e. The molecule has 1 aliphatic heterocycles. The van der Waals surface area contributed by atoms with Gasteiger partial charge in [0.15, 0.2) is 16.6 Å². The van der Waals surface area contributed by atoms with Crippen LogP contribution in [0.2, 0.25) is 0 Å². The van der Waals surface area contributed by atoms with Crippen LogP contribution in [0, 0.1) is 13.8 Å². The molecule has 4 rings (SSSR count). The third-order valence-electron chi connectivity index (χ3n) is 5.64. The van der Waals surface area contributed by atoms with Crippen LogP contribution in [0.3, 0.4) is 0 Å². The van der Waals surface area contributed by atoms with Crippen LogP contribution in [0.5, 0.6) is 11.5 Å². The Kier molecular flexibility index (Phi) is 7.41.